The number of hydrogen-bond acceptors (Lipinski definition) is 4. The lowest BCUT2D eigenvalue weighted by Crippen LogP contribution is -2.13. The molecule has 0 amide bonds. The highest BCUT2D eigenvalue weighted by Crippen LogP contribution is 2.29. The molecular formula is C14H18N2O3S. The zero-order chi connectivity index (χ0) is 14.6. The summed E-state index contributed by atoms with van der Waals surface area (Å²) in [6, 6.07) is 6.61. The van der Waals surface area contributed by atoms with Crippen LogP contribution in [0.1, 0.15) is 26.2 Å². The molecule has 1 aromatic carbocycles. The summed E-state index contributed by atoms with van der Waals surface area (Å²) in [7, 11) is -3.79. The minimum atomic E-state index is -3.79. The van der Waals surface area contributed by atoms with Gasteiger partial charge in [0, 0.05) is 11.6 Å². The topological polar surface area (TPSA) is 82.3 Å². The summed E-state index contributed by atoms with van der Waals surface area (Å²) in [4.78, 5) is 4.14. The van der Waals surface area contributed by atoms with Gasteiger partial charge in [-0.15, -0.1) is 0 Å². The van der Waals surface area contributed by atoms with Crippen molar-refractivity contribution in [3.8, 4) is 5.75 Å². The Labute approximate surface area is 118 Å². The van der Waals surface area contributed by atoms with Crippen molar-refractivity contribution in [3.63, 3.8) is 0 Å². The molecule has 0 aliphatic carbocycles. The molecule has 20 heavy (non-hydrogen) atoms. The largest absolute Gasteiger partial charge is 0.493 e. The van der Waals surface area contributed by atoms with Crippen LogP contribution >= 0.6 is 0 Å². The van der Waals surface area contributed by atoms with Gasteiger partial charge in [0.25, 0.3) is 0 Å². The third-order valence-electron chi connectivity index (χ3n) is 3.00. The first-order valence-corrected chi connectivity index (χ1v) is 8.12. The molecule has 0 bridgehead atoms. The SMILES string of the molecule is CCCCCOc1ccc(S(N)(=O)=O)c2ncccc12. The Balaban J connectivity index is 2.39. The van der Waals surface area contributed by atoms with Crippen LogP contribution in [0.4, 0.5) is 0 Å². The number of fused-ring (bicyclic) bond motifs is 1. The Bertz CT molecular complexity index is 699. The zero-order valence-electron chi connectivity index (χ0n) is 11.4. The molecule has 0 saturated heterocycles. The first kappa shape index (κ1) is 14.7. The fourth-order valence-corrected chi connectivity index (χ4v) is 2.70. The number of rotatable bonds is 6. The van der Waals surface area contributed by atoms with Gasteiger partial charge >= 0.3 is 0 Å². The van der Waals surface area contributed by atoms with Gasteiger partial charge in [-0.05, 0) is 30.7 Å². The quantitative estimate of drug-likeness (QED) is 0.830. The lowest BCUT2D eigenvalue weighted by atomic mass is 10.2. The first-order chi connectivity index (χ1) is 9.54. The van der Waals surface area contributed by atoms with Crippen LogP contribution in [0.3, 0.4) is 0 Å². The average molecular weight is 294 g/mol. The molecule has 2 aromatic rings. The maximum atomic E-state index is 11.6. The van der Waals surface area contributed by atoms with E-state index in [2.05, 4.69) is 11.9 Å². The van der Waals surface area contributed by atoms with E-state index in [0.29, 0.717) is 23.3 Å². The van der Waals surface area contributed by atoms with Gasteiger partial charge in [-0.1, -0.05) is 19.8 Å². The van der Waals surface area contributed by atoms with E-state index >= 15 is 0 Å². The number of benzene rings is 1. The molecule has 5 nitrogen and oxygen atoms in total. The van der Waals surface area contributed by atoms with Gasteiger partial charge in [-0.3, -0.25) is 4.98 Å². The van der Waals surface area contributed by atoms with Gasteiger partial charge < -0.3 is 4.74 Å². The zero-order valence-corrected chi connectivity index (χ0v) is 12.2. The molecule has 0 atom stereocenters. The Kier molecular flexibility index (Phi) is 4.57. The second-order valence-electron chi connectivity index (χ2n) is 4.56. The Morgan fingerprint density at radius 2 is 2.05 bits per heavy atom. The lowest BCUT2D eigenvalue weighted by Gasteiger charge is -2.10. The van der Waals surface area contributed by atoms with Crippen molar-refractivity contribution in [2.24, 2.45) is 5.14 Å². The number of primary sulfonamides is 1. The van der Waals surface area contributed by atoms with E-state index in [-0.39, 0.29) is 4.90 Å². The van der Waals surface area contributed by atoms with Crippen LogP contribution in [-0.2, 0) is 10.0 Å². The maximum absolute atomic E-state index is 11.6. The summed E-state index contributed by atoms with van der Waals surface area (Å²) in [5.74, 6) is 0.636. The molecule has 0 spiro atoms. The van der Waals surface area contributed by atoms with Crippen molar-refractivity contribution in [2.45, 2.75) is 31.1 Å². The van der Waals surface area contributed by atoms with Crippen LogP contribution < -0.4 is 9.88 Å². The summed E-state index contributed by atoms with van der Waals surface area (Å²) in [6.07, 6.45) is 4.73. The molecule has 0 saturated carbocycles. The highest BCUT2D eigenvalue weighted by atomic mass is 32.2. The van der Waals surface area contributed by atoms with Crippen molar-refractivity contribution < 1.29 is 13.2 Å². The van der Waals surface area contributed by atoms with Gasteiger partial charge in [0.05, 0.1) is 12.1 Å². The van der Waals surface area contributed by atoms with Crippen molar-refractivity contribution in [3.05, 3.63) is 30.5 Å². The van der Waals surface area contributed by atoms with Crippen LogP contribution in [0.2, 0.25) is 0 Å². The van der Waals surface area contributed by atoms with E-state index in [1.54, 1.807) is 18.2 Å². The van der Waals surface area contributed by atoms with Crippen LogP contribution in [0.25, 0.3) is 10.9 Å². The fraction of sp³-hybridized carbons (Fsp3) is 0.357. The molecule has 108 valence electrons. The predicted molar refractivity (Wildman–Crippen MR) is 78.1 cm³/mol. The van der Waals surface area contributed by atoms with Crippen LogP contribution in [-0.4, -0.2) is 20.0 Å². The van der Waals surface area contributed by atoms with Gasteiger partial charge in [-0.25, -0.2) is 13.6 Å². The monoisotopic (exact) mass is 294 g/mol. The normalized spacial score (nSPS) is 11.7. The van der Waals surface area contributed by atoms with Crippen molar-refractivity contribution in [1.82, 2.24) is 4.98 Å². The van der Waals surface area contributed by atoms with Crippen molar-refractivity contribution in [1.29, 1.82) is 0 Å². The summed E-state index contributed by atoms with van der Waals surface area (Å²) < 4.78 is 28.8. The summed E-state index contributed by atoms with van der Waals surface area (Å²) in [5.41, 5.74) is 0.350. The van der Waals surface area contributed by atoms with Gasteiger partial charge in [0.15, 0.2) is 0 Å². The molecule has 2 N–H and O–H groups in total. The summed E-state index contributed by atoms with van der Waals surface area (Å²) in [5, 5.41) is 5.87. The van der Waals surface area contributed by atoms with E-state index in [0.717, 1.165) is 19.3 Å². The molecule has 2 rings (SSSR count). The number of sulfonamides is 1. The molecule has 1 aromatic heterocycles. The van der Waals surface area contributed by atoms with Crippen molar-refractivity contribution >= 4 is 20.9 Å². The molecule has 0 aliphatic rings. The summed E-state index contributed by atoms with van der Waals surface area (Å²) >= 11 is 0. The van der Waals surface area contributed by atoms with Crippen LogP contribution in [0, 0.1) is 0 Å². The number of pyridine rings is 1. The predicted octanol–water partition coefficient (Wildman–Crippen LogP) is 2.45. The molecule has 0 unspecified atom stereocenters. The standard InChI is InChI=1S/C14H18N2O3S/c1-2-3-4-10-19-12-7-8-13(20(15,17)18)14-11(12)6-5-9-16-14/h5-9H,2-4,10H2,1H3,(H2,15,17,18). The van der Waals surface area contributed by atoms with Crippen molar-refractivity contribution in [2.75, 3.05) is 6.61 Å². The van der Waals surface area contributed by atoms with E-state index in [1.807, 2.05) is 0 Å². The number of ether oxygens (including phenoxy) is 1. The molecule has 0 radical (unpaired) electrons. The molecule has 1 heterocycles. The fourth-order valence-electron chi connectivity index (χ4n) is 2.01. The van der Waals surface area contributed by atoms with Crippen LogP contribution in [0.15, 0.2) is 35.4 Å². The maximum Gasteiger partial charge on any atom is 0.240 e. The molecular weight excluding hydrogens is 276 g/mol. The third-order valence-corrected chi connectivity index (χ3v) is 3.95. The second kappa shape index (κ2) is 6.19. The Hall–Kier alpha value is -1.66. The minimum Gasteiger partial charge on any atom is -0.493 e. The van der Waals surface area contributed by atoms with E-state index in [9.17, 15) is 8.42 Å². The minimum absolute atomic E-state index is 0.0222. The lowest BCUT2D eigenvalue weighted by molar-refractivity contribution is 0.309. The van der Waals surface area contributed by atoms with Gasteiger partial charge in [0.1, 0.15) is 10.6 Å². The van der Waals surface area contributed by atoms with Crippen LogP contribution in [0.5, 0.6) is 5.75 Å². The highest BCUT2D eigenvalue weighted by molar-refractivity contribution is 7.89. The Morgan fingerprint density at radius 3 is 2.75 bits per heavy atom. The summed E-state index contributed by atoms with van der Waals surface area (Å²) in [6.45, 7) is 2.73. The van der Waals surface area contributed by atoms with Gasteiger partial charge in [0.2, 0.25) is 10.0 Å². The first-order valence-electron chi connectivity index (χ1n) is 6.57. The molecule has 6 heteroatoms. The smallest absolute Gasteiger partial charge is 0.240 e. The number of nitrogens with two attached hydrogens (primary N) is 1. The van der Waals surface area contributed by atoms with E-state index < -0.39 is 10.0 Å². The average Bonchev–Trinajstić information content (AvgIpc) is 2.42. The number of hydrogen-bond donors (Lipinski definition) is 1. The number of nitrogens with zero attached hydrogens (tertiary/aromatic N) is 1. The van der Waals surface area contributed by atoms with E-state index in [4.69, 9.17) is 9.88 Å². The molecule has 0 fully saturated rings. The van der Waals surface area contributed by atoms with Gasteiger partial charge in [-0.2, -0.15) is 0 Å². The number of aromatic nitrogens is 1. The Morgan fingerprint density at radius 1 is 1.25 bits per heavy atom. The van der Waals surface area contributed by atoms with E-state index in [1.165, 1.54) is 12.3 Å². The highest BCUT2D eigenvalue weighted by Gasteiger charge is 2.15. The second-order valence-corrected chi connectivity index (χ2v) is 6.09. The number of unbranched alkanes of at least 4 members (excludes halogenated alkanes) is 2. The third kappa shape index (κ3) is 3.26. The molecule has 0 aliphatic heterocycles.